The number of hydrogen-bond donors (Lipinski definition) is 1. The van der Waals surface area contributed by atoms with E-state index in [-0.39, 0.29) is 5.91 Å². The van der Waals surface area contributed by atoms with E-state index in [2.05, 4.69) is 25.8 Å². The Balaban J connectivity index is 1.46. The first kappa shape index (κ1) is 22.1. The number of hydrogen-bond acceptors (Lipinski definition) is 7. The van der Waals surface area contributed by atoms with Crippen LogP contribution in [0.25, 0.3) is 17.1 Å². The van der Waals surface area contributed by atoms with Crippen molar-refractivity contribution >= 4 is 5.91 Å². The van der Waals surface area contributed by atoms with Crippen LogP contribution in [0.2, 0.25) is 0 Å². The molecular weight excluding hydrogens is 420 g/mol. The minimum atomic E-state index is -0.127. The van der Waals surface area contributed by atoms with Crippen LogP contribution in [0.3, 0.4) is 0 Å². The molecule has 170 valence electrons. The highest BCUT2D eigenvalue weighted by Gasteiger charge is 2.15. The summed E-state index contributed by atoms with van der Waals surface area (Å²) in [4.78, 5) is 18.9. The van der Waals surface area contributed by atoms with E-state index in [4.69, 9.17) is 9.72 Å². The number of methoxy groups -OCH3 is 1. The third kappa shape index (κ3) is 5.40. The van der Waals surface area contributed by atoms with Crippen LogP contribution in [-0.4, -0.2) is 54.5 Å². The molecule has 0 spiro atoms. The maximum absolute atomic E-state index is 12.7. The molecule has 0 radical (unpaired) electrons. The van der Waals surface area contributed by atoms with Crippen molar-refractivity contribution in [3.05, 3.63) is 66.2 Å². The molecule has 2 heterocycles. The molecule has 10 nitrogen and oxygen atoms in total. The summed E-state index contributed by atoms with van der Waals surface area (Å²) in [5.74, 6) is 2.10. The first-order chi connectivity index (χ1) is 16.2. The molecule has 4 aromatic rings. The number of aryl methyl sites for hydroxylation is 2. The number of benzene rings is 2. The molecule has 0 bridgehead atoms. The van der Waals surface area contributed by atoms with Gasteiger partial charge in [0, 0.05) is 24.1 Å². The summed E-state index contributed by atoms with van der Waals surface area (Å²) in [6.45, 7) is 3.25. The summed E-state index contributed by atoms with van der Waals surface area (Å²) in [6, 6.07) is 15.1. The van der Waals surface area contributed by atoms with Crippen LogP contribution in [0.1, 0.15) is 35.9 Å². The van der Waals surface area contributed by atoms with E-state index in [1.54, 1.807) is 17.9 Å². The van der Waals surface area contributed by atoms with Crippen molar-refractivity contribution in [3.8, 4) is 22.8 Å². The lowest BCUT2D eigenvalue weighted by molar-refractivity contribution is 0.0952. The number of carbonyl (C=O) groups is 1. The predicted octanol–water partition coefficient (Wildman–Crippen LogP) is 2.70. The van der Waals surface area contributed by atoms with Crippen LogP contribution in [0.4, 0.5) is 0 Å². The molecular formula is C23H26N8O2. The van der Waals surface area contributed by atoms with Gasteiger partial charge in [0.15, 0.2) is 18.0 Å². The van der Waals surface area contributed by atoms with Gasteiger partial charge in [0.2, 0.25) is 0 Å². The van der Waals surface area contributed by atoms with E-state index in [9.17, 15) is 4.79 Å². The van der Waals surface area contributed by atoms with Gasteiger partial charge in [-0.1, -0.05) is 13.0 Å². The molecule has 0 atom stereocenters. The van der Waals surface area contributed by atoms with Crippen molar-refractivity contribution < 1.29 is 9.53 Å². The molecule has 0 fully saturated rings. The lowest BCUT2D eigenvalue weighted by Gasteiger charge is -2.09. The van der Waals surface area contributed by atoms with Crippen LogP contribution in [-0.2, 0) is 13.0 Å². The van der Waals surface area contributed by atoms with Crippen LogP contribution in [0, 0.1) is 0 Å². The van der Waals surface area contributed by atoms with Crippen LogP contribution < -0.4 is 10.1 Å². The second kappa shape index (κ2) is 10.5. The van der Waals surface area contributed by atoms with Crippen molar-refractivity contribution in [1.82, 2.24) is 40.3 Å². The Morgan fingerprint density at radius 2 is 1.97 bits per heavy atom. The summed E-state index contributed by atoms with van der Waals surface area (Å²) < 4.78 is 7.04. The lowest BCUT2D eigenvalue weighted by atomic mass is 10.1. The summed E-state index contributed by atoms with van der Waals surface area (Å²) in [5.41, 5.74) is 2.26. The molecule has 1 amide bonds. The largest absolute Gasteiger partial charge is 0.497 e. The molecule has 0 aliphatic carbocycles. The number of ether oxygens (including phenoxy) is 1. The SMILES string of the molecule is CCc1nc(-c2ccc(OC)cc2)n(-c2cccc(C(=O)NCCCCn3ncnn3)c2)n1. The maximum atomic E-state index is 12.7. The van der Waals surface area contributed by atoms with E-state index in [0.717, 1.165) is 35.7 Å². The zero-order valence-electron chi connectivity index (χ0n) is 18.7. The van der Waals surface area contributed by atoms with Crippen molar-refractivity contribution in [2.45, 2.75) is 32.7 Å². The Bertz CT molecular complexity index is 1190. The van der Waals surface area contributed by atoms with Crippen molar-refractivity contribution in [2.24, 2.45) is 0 Å². The average molecular weight is 447 g/mol. The standard InChI is InChI=1S/C23H26N8O2/c1-3-21-27-22(17-9-11-20(33-2)12-10-17)31(28-21)19-8-6-7-18(15-19)23(32)24-13-4-5-14-30-26-16-25-29-30/h6-12,15-16H,3-5,13-14H2,1-2H3,(H,24,32). The fourth-order valence-electron chi connectivity index (χ4n) is 3.36. The monoisotopic (exact) mass is 446 g/mol. The molecule has 0 aliphatic heterocycles. The van der Waals surface area contributed by atoms with Gasteiger partial charge in [0.1, 0.15) is 5.75 Å². The van der Waals surface area contributed by atoms with Crippen molar-refractivity contribution in [1.29, 1.82) is 0 Å². The molecule has 2 aromatic carbocycles. The van der Waals surface area contributed by atoms with E-state index in [1.165, 1.54) is 11.1 Å². The van der Waals surface area contributed by atoms with Gasteiger partial charge in [-0.15, -0.1) is 10.2 Å². The molecule has 1 N–H and O–H groups in total. The highest BCUT2D eigenvalue weighted by atomic mass is 16.5. The van der Waals surface area contributed by atoms with Gasteiger partial charge in [-0.25, -0.2) is 9.67 Å². The number of amides is 1. The second-order valence-electron chi connectivity index (χ2n) is 7.39. The van der Waals surface area contributed by atoms with Gasteiger partial charge in [-0.2, -0.15) is 9.90 Å². The number of unbranched alkanes of at least 4 members (excludes halogenated alkanes) is 1. The smallest absolute Gasteiger partial charge is 0.251 e. The van der Waals surface area contributed by atoms with Crippen LogP contribution in [0.5, 0.6) is 5.75 Å². The maximum Gasteiger partial charge on any atom is 0.251 e. The molecule has 0 aliphatic rings. The number of aromatic nitrogens is 7. The van der Waals surface area contributed by atoms with E-state index < -0.39 is 0 Å². The topological polar surface area (TPSA) is 113 Å². The van der Waals surface area contributed by atoms with Gasteiger partial charge >= 0.3 is 0 Å². The zero-order chi connectivity index (χ0) is 23.0. The molecule has 0 saturated carbocycles. The highest BCUT2D eigenvalue weighted by Crippen LogP contribution is 2.24. The van der Waals surface area contributed by atoms with Gasteiger partial charge in [0.05, 0.1) is 19.3 Å². The summed E-state index contributed by atoms with van der Waals surface area (Å²) >= 11 is 0. The normalized spacial score (nSPS) is 10.8. The Kier molecular flexibility index (Phi) is 7.03. The molecule has 2 aromatic heterocycles. The van der Waals surface area contributed by atoms with Crippen molar-refractivity contribution in [3.63, 3.8) is 0 Å². The third-order valence-corrected chi connectivity index (χ3v) is 5.13. The Morgan fingerprint density at radius 1 is 1.12 bits per heavy atom. The number of tetrazole rings is 1. The minimum Gasteiger partial charge on any atom is -0.497 e. The Hall–Kier alpha value is -4.08. The van der Waals surface area contributed by atoms with E-state index in [1.807, 2.05) is 49.4 Å². The Labute approximate surface area is 191 Å². The van der Waals surface area contributed by atoms with Gasteiger partial charge in [-0.3, -0.25) is 4.79 Å². The Morgan fingerprint density at radius 3 is 2.70 bits per heavy atom. The molecule has 0 saturated heterocycles. The first-order valence-corrected chi connectivity index (χ1v) is 10.9. The van der Waals surface area contributed by atoms with Gasteiger partial charge in [-0.05, 0) is 60.5 Å². The average Bonchev–Trinajstić information content (AvgIpc) is 3.54. The third-order valence-electron chi connectivity index (χ3n) is 5.13. The quantitative estimate of drug-likeness (QED) is 0.373. The number of nitrogens with zero attached hydrogens (tertiary/aromatic N) is 7. The highest BCUT2D eigenvalue weighted by molar-refractivity contribution is 5.94. The molecule has 33 heavy (non-hydrogen) atoms. The lowest BCUT2D eigenvalue weighted by Crippen LogP contribution is -2.24. The number of carbonyl (C=O) groups excluding carboxylic acids is 1. The zero-order valence-corrected chi connectivity index (χ0v) is 18.7. The molecule has 4 rings (SSSR count). The number of rotatable bonds is 10. The van der Waals surface area contributed by atoms with Crippen LogP contribution >= 0.6 is 0 Å². The fourth-order valence-corrected chi connectivity index (χ4v) is 3.36. The molecule has 0 unspecified atom stereocenters. The van der Waals surface area contributed by atoms with Gasteiger partial charge in [0.25, 0.3) is 5.91 Å². The summed E-state index contributed by atoms with van der Waals surface area (Å²) in [5, 5.41) is 19.1. The van der Waals surface area contributed by atoms with E-state index >= 15 is 0 Å². The summed E-state index contributed by atoms with van der Waals surface area (Å²) in [7, 11) is 1.64. The first-order valence-electron chi connectivity index (χ1n) is 10.9. The van der Waals surface area contributed by atoms with Crippen LogP contribution in [0.15, 0.2) is 54.9 Å². The predicted molar refractivity (Wildman–Crippen MR) is 122 cm³/mol. The van der Waals surface area contributed by atoms with Crippen molar-refractivity contribution in [2.75, 3.05) is 13.7 Å². The van der Waals surface area contributed by atoms with Gasteiger partial charge < -0.3 is 10.1 Å². The van der Waals surface area contributed by atoms with E-state index in [0.29, 0.717) is 30.9 Å². The second-order valence-corrected chi connectivity index (χ2v) is 7.39. The summed E-state index contributed by atoms with van der Waals surface area (Å²) in [6.07, 6.45) is 3.78. The number of nitrogens with one attached hydrogen (secondary N) is 1. The fraction of sp³-hybridized carbons (Fsp3) is 0.304. The molecule has 10 heteroatoms. The minimum absolute atomic E-state index is 0.127.